The number of rotatable bonds is 7. The van der Waals surface area contributed by atoms with Crippen molar-refractivity contribution in [2.75, 3.05) is 26.2 Å². The van der Waals surface area contributed by atoms with Crippen LogP contribution in [-0.4, -0.2) is 65.4 Å². The maximum absolute atomic E-state index is 12.3. The van der Waals surface area contributed by atoms with E-state index in [-0.39, 0.29) is 12.2 Å². The summed E-state index contributed by atoms with van der Waals surface area (Å²) in [6, 6.07) is 15.5. The second-order valence-corrected chi connectivity index (χ2v) is 9.16. The molecule has 0 radical (unpaired) electrons. The van der Waals surface area contributed by atoms with E-state index >= 15 is 0 Å². The van der Waals surface area contributed by atoms with Gasteiger partial charge in [0.25, 0.3) is 0 Å². The number of esters is 1. The summed E-state index contributed by atoms with van der Waals surface area (Å²) in [5.41, 5.74) is 3.48. The summed E-state index contributed by atoms with van der Waals surface area (Å²) < 4.78 is 43.1. The molecule has 2 aromatic carbocycles. The van der Waals surface area contributed by atoms with Gasteiger partial charge in [0, 0.05) is 19.6 Å². The molecule has 8 nitrogen and oxygen atoms in total. The van der Waals surface area contributed by atoms with Crippen molar-refractivity contribution in [2.45, 2.75) is 44.6 Å². The Labute approximate surface area is 218 Å². The average molecular weight is 538 g/mol. The van der Waals surface area contributed by atoms with Crippen LogP contribution < -0.4 is 0 Å². The number of hydrogen-bond donors (Lipinski definition) is 2. The van der Waals surface area contributed by atoms with Crippen LogP contribution in [0.2, 0.25) is 0 Å². The van der Waals surface area contributed by atoms with Gasteiger partial charge in [-0.25, -0.2) is 9.59 Å². The molecular weight excluding hydrogens is 507 g/mol. The van der Waals surface area contributed by atoms with Gasteiger partial charge in [-0.15, -0.1) is 0 Å². The Morgan fingerprint density at radius 3 is 2.26 bits per heavy atom. The van der Waals surface area contributed by atoms with Crippen LogP contribution in [0.1, 0.15) is 46.8 Å². The summed E-state index contributed by atoms with van der Waals surface area (Å²) in [6.07, 6.45) is -3.07. The van der Waals surface area contributed by atoms with Gasteiger partial charge in [0.1, 0.15) is 0 Å². The minimum Gasteiger partial charge on any atom is -0.481 e. The van der Waals surface area contributed by atoms with Crippen molar-refractivity contribution in [2.24, 2.45) is 5.92 Å². The third kappa shape index (κ3) is 7.11. The first-order valence-electron chi connectivity index (χ1n) is 12.2. The molecule has 0 bridgehead atoms. The van der Waals surface area contributed by atoms with E-state index in [4.69, 9.17) is 19.4 Å². The van der Waals surface area contributed by atoms with Crippen LogP contribution in [0.15, 0.2) is 48.5 Å². The predicted molar refractivity (Wildman–Crippen MR) is 130 cm³/mol. The Bertz CT molecular complexity index is 1140. The van der Waals surface area contributed by atoms with E-state index in [1.165, 1.54) is 11.1 Å². The summed E-state index contributed by atoms with van der Waals surface area (Å²) in [7, 11) is 0. The molecule has 1 atom stereocenters. The number of piperidine rings is 1. The number of ether oxygens (including phenoxy) is 2. The molecule has 11 heteroatoms. The molecular formula is C27H30F3NO7. The Balaban J connectivity index is 0.000000505. The van der Waals surface area contributed by atoms with Crippen LogP contribution in [0.3, 0.4) is 0 Å². The number of benzene rings is 2. The number of carboxylic acid groups (broad SMARTS) is 2. The summed E-state index contributed by atoms with van der Waals surface area (Å²) in [5, 5.41) is 17.0. The number of carbonyl (C=O) groups excluding carboxylic acids is 1. The van der Waals surface area contributed by atoms with Gasteiger partial charge in [-0.05, 0) is 48.9 Å². The highest BCUT2D eigenvalue weighted by Gasteiger charge is 2.43. The molecule has 2 N–H and O–H groups in total. The smallest absolute Gasteiger partial charge is 0.481 e. The van der Waals surface area contributed by atoms with E-state index in [0.29, 0.717) is 25.1 Å². The predicted octanol–water partition coefficient (Wildman–Crippen LogP) is 4.26. The van der Waals surface area contributed by atoms with Crippen LogP contribution in [0.5, 0.6) is 0 Å². The zero-order valence-electron chi connectivity index (χ0n) is 20.9. The zero-order valence-corrected chi connectivity index (χ0v) is 20.9. The molecule has 1 spiro atoms. The van der Waals surface area contributed by atoms with E-state index in [9.17, 15) is 27.9 Å². The van der Waals surface area contributed by atoms with Crippen LogP contribution in [-0.2, 0) is 37.7 Å². The first-order chi connectivity index (χ1) is 18.0. The fourth-order valence-corrected chi connectivity index (χ4v) is 4.81. The van der Waals surface area contributed by atoms with Crippen LogP contribution >= 0.6 is 0 Å². The summed E-state index contributed by atoms with van der Waals surface area (Å²) in [5.74, 6) is -4.60. The molecule has 1 saturated heterocycles. The molecule has 206 valence electrons. The molecule has 0 amide bonds. The Kier molecular flexibility index (Phi) is 9.50. The number of hydrogen-bond acceptors (Lipinski definition) is 6. The molecule has 1 unspecified atom stereocenters. The first-order valence-corrected chi connectivity index (χ1v) is 12.2. The quantitative estimate of drug-likeness (QED) is 0.504. The normalized spacial score (nSPS) is 17.2. The second kappa shape index (κ2) is 12.4. The summed E-state index contributed by atoms with van der Waals surface area (Å²) in [4.78, 5) is 35.4. The largest absolute Gasteiger partial charge is 0.490 e. The SMILES string of the molecule is CCOC(=O)c1ccccc1CC(CN1CCC2(CC1)OCc1ccccc12)C(=O)O.O=C(O)C(F)(F)F. The highest BCUT2D eigenvalue weighted by molar-refractivity contribution is 5.91. The molecule has 0 aromatic heterocycles. The number of nitrogens with zero attached hydrogens (tertiary/aromatic N) is 1. The molecule has 2 heterocycles. The van der Waals surface area contributed by atoms with E-state index in [1.54, 1.807) is 19.1 Å². The number of alkyl halides is 3. The van der Waals surface area contributed by atoms with Gasteiger partial charge in [-0.2, -0.15) is 13.2 Å². The lowest BCUT2D eigenvalue weighted by atomic mass is 9.83. The van der Waals surface area contributed by atoms with Crippen LogP contribution in [0, 0.1) is 5.92 Å². The topological polar surface area (TPSA) is 113 Å². The Hall–Kier alpha value is -3.44. The van der Waals surface area contributed by atoms with E-state index < -0.39 is 30.0 Å². The lowest BCUT2D eigenvalue weighted by Gasteiger charge is -2.40. The Morgan fingerprint density at radius 2 is 1.66 bits per heavy atom. The van der Waals surface area contributed by atoms with E-state index in [2.05, 4.69) is 23.1 Å². The van der Waals surface area contributed by atoms with Crippen molar-refractivity contribution < 1.29 is 47.2 Å². The van der Waals surface area contributed by atoms with Gasteiger partial charge in [0.05, 0.1) is 30.3 Å². The zero-order chi connectivity index (χ0) is 27.9. The lowest BCUT2D eigenvalue weighted by Crippen LogP contribution is -2.45. The fourth-order valence-electron chi connectivity index (χ4n) is 4.81. The van der Waals surface area contributed by atoms with Crippen molar-refractivity contribution in [3.05, 3.63) is 70.8 Å². The van der Waals surface area contributed by atoms with Gasteiger partial charge in [-0.3, -0.25) is 4.79 Å². The third-order valence-electron chi connectivity index (χ3n) is 6.73. The number of carbonyl (C=O) groups is 3. The number of likely N-dealkylation sites (tertiary alicyclic amines) is 1. The van der Waals surface area contributed by atoms with Crippen LogP contribution in [0.25, 0.3) is 0 Å². The minimum atomic E-state index is -5.08. The van der Waals surface area contributed by atoms with Crippen molar-refractivity contribution >= 4 is 17.9 Å². The monoisotopic (exact) mass is 537 g/mol. The second-order valence-electron chi connectivity index (χ2n) is 9.16. The molecule has 2 aliphatic rings. The van der Waals surface area contributed by atoms with Gasteiger partial charge in [-0.1, -0.05) is 42.5 Å². The first kappa shape index (κ1) is 29.1. The summed E-state index contributed by atoms with van der Waals surface area (Å²) in [6.45, 7) is 4.73. The van der Waals surface area contributed by atoms with Gasteiger partial charge < -0.3 is 24.6 Å². The molecule has 38 heavy (non-hydrogen) atoms. The Morgan fingerprint density at radius 1 is 1.05 bits per heavy atom. The number of carboxylic acids is 2. The molecule has 0 saturated carbocycles. The van der Waals surface area contributed by atoms with E-state index in [1.807, 2.05) is 18.2 Å². The molecule has 4 rings (SSSR count). The van der Waals surface area contributed by atoms with Crippen molar-refractivity contribution in [1.29, 1.82) is 0 Å². The lowest BCUT2D eigenvalue weighted by molar-refractivity contribution is -0.192. The van der Waals surface area contributed by atoms with Gasteiger partial charge in [0.2, 0.25) is 0 Å². The molecule has 2 aliphatic heterocycles. The molecule has 2 aromatic rings. The standard InChI is InChI=1S/C25H29NO5.C2HF3O2/c1-2-30-24(29)21-9-5-3-7-18(21)15-20(23(27)28)16-26-13-11-25(12-14-26)22-10-6-4-8-19(22)17-31-25;3-2(4,5)1(6)7/h3-10,20H,2,11-17H2,1H3,(H,27,28);(H,6,7). The average Bonchev–Trinajstić information content (AvgIpc) is 3.23. The maximum atomic E-state index is 12.3. The number of halogens is 3. The van der Waals surface area contributed by atoms with Crippen molar-refractivity contribution in [1.82, 2.24) is 4.90 Å². The molecule has 1 fully saturated rings. The van der Waals surface area contributed by atoms with Gasteiger partial charge >= 0.3 is 24.1 Å². The van der Waals surface area contributed by atoms with Gasteiger partial charge in [0.15, 0.2) is 0 Å². The highest BCUT2D eigenvalue weighted by atomic mass is 19.4. The number of aliphatic carboxylic acids is 2. The van der Waals surface area contributed by atoms with E-state index in [0.717, 1.165) is 31.5 Å². The fraction of sp³-hybridized carbons (Fsp3) is 0.444. The summed E-state index contributed by atoms with van der Waals surface area (Å²) >= 11 is 0. The van der Waals surface area contributed by atoms with Crippen LogP contribution in [0.4, 0.5) is 13.2 Å². The molecule has 0 aliphatic carbocycles. The minimum absolute atomic E-state index is 0.234. The maximum Gasteiger partial charge on any atom is 0.490 e. The highest BCUT2D eigenvalue weighted by Crippen LogP contribution is 2.44. The van der Waals surface area contributed by atoms with Crippen molar-refractivity contribution in [3.63, 3.8) is 0 Å². The number of fused-ring (bicyclic) bond motifs is 2. The third-order valence-corrected chi connectivity index (χ3v) is 6.73. The van der Waals surface area contributed by atoms with Crippen molar-refractivity contribution in [3.8, 4) is 0 Å².